The quantitative estimate of drug-likeness (QED) is 0.543. The summed E-state index contributed by atoms with van der Waals surface area (Å²) in [5, 5.41) is 20.8. The smallest absolute Gasteiger partial charge is 0.191 e. The number of nitrogens with one attached hydrogen (secondary N) is 2. The Balaban J connectivity index is 1.80. The minimum atomic E-state index is -0.451. The molecule has 22 heavy (non-hydrogen) atoms. The van der Waals surface area contributed by atoms with E-state index >= 15 is 0 Å². The zero-order valence-corrected chi connectivity index (χ0v) is 13.6. The van der Waals surface area contributed by atoms with Crippen LogP contribution in [0.5, 0.6) is 0 Å². The number of rotatable bonds is 7. The van der Waals surface area contributed by atoms with Crippen molar-refractivity contribution in [2.24, 2.45) is 4.99 Å². The molecule has 1 heterocycles. The van der Waals surface area contributed by atoms with Gasteiger partial charge >= 0.3 is 0 Å². The summed E-state index contributed by atoms with van der Waals surface area (Å²) in [4.78, 5) is 4.54. The first-order valence-corrected chi connectivity index (χ1v) is 8.50. The molecule has 118 valence electrons. The molecule has 0 saturated carbocycles. The lowest BCUT2D eigenvalue weighted by Crippen LogP contribution is -2.38. The van der Waals surface area contributed by atoms with Gasteiger partial charge in [-0.15, -0.1) is 0 Å². The first-order chi connectivity index (χ1) is 10.8. The molecular formula is C17H23N3OS. The predicted octanol–water partition coefficient (Wildman–Crippen LogP) is 2.93. The molecule has 1 atom stereocenters. The average molecular weight is 317 g/mol. The van der Waals surface area contributed by atoms with Crippen molar-refractivity contribution in [2.45, 2.75) is 26.0 Å². The Morgan fingerprint density at radius 3 is 2.73 bits per heavy atom. The molecule has 2 aromatic rings. The topological polar surface area (TPSA) is 56.7 Å². The van der Waals surface area contributed by atoms with Gasteiger partial charge in [-0.1, -0.05) is 30.3 Å². The molecule has 0 aliphatic carbocycles. The van der Waals surface area contributed by atoms with E-state index in [1.54, 1.807) is 11.3 Å². The minimum Gasteiger partial charge on any atom is -0.388 e. The third-order valence-corrected chi connectivity index (χ3v) is 3.97. The van der Waals surface area contributed by atoms with E-state index in [0.717, 1.165) is 18.1 Å². The zero-order valence-electron chi connectivity index (χ0n) is 12.8. The highest BCUT2D eigenvalue weighted by Crippen LogP contribution is 2.14. The molecule has 0 aliphatic rings. The van der Waals surface area contributed by atoms with Gasteiger partial charge in [0.05, 0.1) is 12.6 Å². The largest absolute Gasteiger partial charge is 0.388 e. The summed E-state index contributed by atoms with van der Waals surface area (Å²) in [6.45, 7) is 4.20. The van der Waals surface area contributed by atoms with E-state index in [9.17, 15) is 5.11 Å². The number of aliphatic hydroxyl groups excluding tert-OH is 1. The molecule has 0 fully saturated rings. The maximum Gasteiger partial charge on any atom is 0.191 e. The Bertz CT molecular complexity index is 555. The minimum absolute atomic E-state index is 0.451. The summed E-state index contributed by atoms with van der Waals surface area (Å²) in [5.41, 5.74) is 2.16. The van der Waals surface area contributed by atoms with Crippen LogP contribution in [-0.2, 0) is 6.54 Å². The number of hydrogen-bond donors (Lipinski definition) is 3. The fourth-order valence-corrected chi connectivity index (χ4v) is 2.72. The van der Waals surface area contributed by atoms with Gasteiger partial charge in [-0.05, 0) is 41.3 Å². The van der Waals surface area contributed by atoms with Crippen molar-refractivity contribution in [3.8, 4) is 0 Å². The molecule has 1 unspecified atom stereocenters. The van der Waals surface area contributed by atoms with E-state index in [2.05, 4.69) is 32.5 Å². The van der Waals surface area contributed by atoms with Crippen LogP contribution >= 0.6 is 11.3 Å². The van der Waals surface area contributed by atoms with Crippen molar-refractivity contribution < 1.29 is 5.11 Å². The van der Waals surface area contributed by atoms with E-state index in [1.165, 1.54) is 5.56 Å². The molecular weight excluding hydrogens is 294 g/mol. The molecule has 1 aromatic carbocycles. The zero-order chi connectivity index (χ0) is 15.6. The van der Waals surface area contributed by atoms with Gasteiger partial charge in [-0.25, -0.2) is 4.99 Å². The summed E-state index contributed by atoms with van der Waals surface area (Å²) in [6.07, 6.45) is 0.195. The lowest BCUT2D eigenvalue weighted by atomic mass is 10.1. The highest BCUT2D eigenvalue weighted by Gasteiger charge is 2.06. The lowest BCUT2D eigenvalue weighted by Gasteiger charge is -2.14. The normalized spacial score (nSPS) is 12.9. The van der Waals surface area contributed by atoms with Crippen LogP contribution in [0, 0.1) is 0 Å². The molecule has 4 nitrogen and oxygen atoms in total. The van der Waals surface area contributed by atoms with Crippen molar-refractivity contribution in [2.75, 3.05) is 13.1 Å². The number of guanidine groups is 1. The number of aliphatic imine (C=N–C) groups is 1. The van der Waals surface area contributed by atoms with Crippen LogP contribution in [0.4, 0.5) is 0 Å². The van der Waals surface area contributed by atoms with Crippen molar-refractivity contribution in [3.63, 3.8) is 0 Å². The highest BCUT2D eigenvalue weighted by atomic mass is 32.1. The predicted molar refractivity (Wildman–Crippen MR) is 93.2 cm³/mol. The molecule has 0 bridgehead atoms. The van der Waals surface area contributed by atoms with Gasteiger partial charge < -0.3 is 15.7 Å². The Morgan fingerprint density at radius 2 is 2.05 bits per heavy atom. The molecule has 2 rings (SSSR count). The monoisotopic (exact) mass is 317 g/mol. The van der Waals surface area contributed by atoms with Crippen molar-refractivity contribution in [3.05, 3.63) is 58.3 Å². The summed E-state index contributed by atoms with van der Waals surface area (Å²) in [6, 6.07) is 11.8. The molecule has 0 saturated heterocycles. The number of hydrogen-bond acceptors (Lipinski definition) is 3. The van der Waals surface area contributed by atoms with Gasteiger partial charge in [0.25, 0.3) is 0 Å². The van der Waals surface area contributed by atoms with Crippen LogP contribution in [0.3, 0.4) is 0 Å². The Labute approximate surface area is 135 Å². The maximum atomic E-state index is 10.1. The Hall–Kier alpha value is -1.85. The average Bonchev–Trinajstić information content (AvgIpc) is 3.06. The van der Waals surface area contributed by atoms with Crippen LogP contribution < -0.4 is 10.6 Å². The van der Waals surface area contributed by atoms with Crippen molar-refractivity contribution >= 4 is 17.3 Å². The summed E-state index contributed by atoms with van der Waals surface area (Å²) in [7, 11) is 0. The number of nitrogens with zero attached hydrogens (tertiary/aromatic N) is 1. The number of benzene rings is 1. The number of thiophene rings is 1. The first-order valence-electron chi connectivity index (χ1n) is 7.56. The second-order valence-corrected chi connectivity index (χ2v) is 5.75. The van der Waals surface area contributed by atoms with Gasteiger partial charge in [0.2, 0.25) is 0 Å². The lowest BCUT2D eigenvalue weighted by molar-refractivity contribution is 0.168. The molecule has 0 aliphatic heterocycles. The van der Waals surface area contributed by atoms with Gasteiger partial charge in [0, 0.05) is 13.1 Å². The van der Waals surface area contributed by atoms with Crippen LogP contribution in [0.15, 0.2) is 52.2 Å². The van der Waals surface area contributed by atoms with Gasteiger partial charge in [-0.2, -0.15) is 11.3 Å². The Morgan fingerprint density at radius 1 is 1.23 bits per heavy atom. The molecule has 0 amide bonds. The molecule has 0 spiro atoms. The van der Waals surface area contributed by atoms with Gasteiger partial charge in [0.1, 0.15) is 0 Å². The third-order valence-electron chi connectivity index (χ3n) is 3.24. The highest BCUT2D eigenvalue weighted by molar-refractivity contribution is 7.07. The van der Waals surface area contributed by atoms with E-state index in [-0.39, 0.29) is 0 Å². The SMILES string of the molecule is CCNC(=NCc1ccsc1)NCCC(O)c1ccccc1. The molecule has 0 radical (unpaired) electrons. The van der Waals surface area contributed by atoms with Gasteiger partial charge in [-0.3, -0.25) is 0 Å². The Kier molecular flexibility index (Phi) is 6.93. The van der Waals surface area contributed by atoms with Crippen LogP contribution in [0.1, 0.15) is 30.6 Å². The molecule has 3 N–H and O–H groups in total. The fourth-order valence-electron chi connectivity index (χ4n) is 2.06. The van der Waals surface area contributed by atoms with E-state index in [0.29, 0.717) is 19.5 Å². The summed E-state index contributed by atoms with van der Waals surface area (Å²) in [5.74, 6) is 0.786. The van der Waals surface area contributed by atoms with E-state index < -0.39 is 6.10 Å². The fraction of sp³-hybridized carbons (Fsp3) is 0.353. The van der Waals surface area contributed by atoms with Crippen LogP contribution in [-0.4, -0.2) is 24.2 Å². The summed E-state index contributed by atoms with van der Waals surface area (Å²) >= 11 is 1.68. The molecule has 5 heteroatoms. The van der Waals surface area contributed by atoms with Crippen LogP contribution in [0.25, 0.3) is 0 Å². The van der Waals surface area contributed by atoms with Crippen LogP contribution in [0.2, 0.25) is 0 Å². The van der Waals surface area contributed by atoms with Crippen molar-refractivity contribution in [1.29, 1.82) is 0 Å². The van der Waals surface area contributed by atoms with E-state index in [1.807, 2.05) is 37.3 Å². The third kappa shape index (κ3) is 5.50. The first kappa shape index (κ1) is 16.5. The standard InChI is InChI=1S/C17H23N3OS/c1-2-18-17(20-12-14-9-11-22-13-14)19-10-8-16(21)15-6-4-3-5-7-15/h3-7,9,11,13,16,21H,2,8,10,12H2,1H3,(H2,18,19,20). The molecule has 1 aromatic heterocycles. The second-order valence-electron chi connectivity index (χ2n) is 4.97. The van der Waals surface area contributed by atoms with Crippen molar-refractivity contribution in [1.82, 2.24) is 10.6 Å². The van der Waals surface area contributed by atoms with E-state index in [4.69, 9.17) is 0 Å². The maximum absolute atomic E-state index is 10.1. The summed E-state index contributed by atoms with van der Waals surface area (Å²) < 4.78 is 0. The second kappa shape index (κ2) is 9.23. The van der Waals surface area contributed by atoms with Gasteiger partial charge in [0.15, 0.2) is 5.96 Å². The number of aliphatic hydroxyl groups is 1.